The Morgan fingerprint density at radius 2 is 1.86 bits per heavy atom. The molecule has 1 unspecified atom stereocenters. The van der Waals surface area contributed by atoms with Gasteiger partial charge in [-0.2, -0.15) is 0 Å². The third kappa shape index (κ3) is 4.70. The van der Waals surface area contributed by atoms with Crippen molar-refractivity contribution >= 4 is 28.1 Å². The van der Waals surface area contributed by atoms with E-state index in [0.717, 1.165) is 10.5 Å². The van der Waals surface area contributed by atoms with Gasteiger partial charge in [0.15, 0.2) is 6.04 Å². The first-order valence-corrected chi connectivity index (χ1v) is 9.32. The number of quaternary nitrogens is 1. The normalized spacial score (nSPS) is 12.9. The second kappa shape index (κ2) is 8.70. The summed E-state index contributed by atoms with van der Waals surface area (Å²) in [6, 6.07) is 18.3. The Morgan fingerprint density at radius 3 is 2.55 bits per heavy atom. The third-order valence-electron chi connectivity index (χ3n) is 5.08. The molecule has 0 saturated carbocycles. The number of likely N-dealkylation sites (N-methyl/N-ethyl adjacent to an activating group) is 1. The fourth-order valence-electron chi connectivity index (χ4n) is 3.19. The second-order valence-electron chi connectivity index (χ2n) is 7.06. The number of nitrogens with one attached hydrogen (secondary N) is 2. The van der Waals surface area contributed by atoms with Gasteiger partial charge in [-0.1, -0.05) is 36.4 Å². The summed E-state index contributed by atoms with van der Waals surface area (Å²) in [6.45, 7) is 2.54. The number of hydrogen-bond donors (Lipinski definition) is 2. The van der Waals surface area contributed by atoms with Crippen LogP contribution in [0, 0.1) is 10.1 Å². The predicted octanol–water partition coefficient (Wildman–Crippen LogP) is 2.80. The summed E-state index contributed by atoms with van der Waals surface area (Å²) in [6.07, 6.45) is 0. The van der Waals surface area contributed by atoms with Gasteiger partial charge in [0.1, 0.15) is 12.3 Å². The molecule has 3 aromatic rings. The molecule has 0 aliphatic rings. The number of rotatable bonds is 7. The molecular formula is C22H24N3O4+. The van der Waals surface area contributed by atoms with Crippen molar-refractivity contribution in [3.8, 4) is 5.75 Å². The number of ether oxygens (including phenoxy) is 1. The minimum Gasteiger partial charge on any atom is -0.494 e. The summed E-state index contributed by atoms with van der Waals surface area (Å²) in [5.41, 5.74) is 1.47. The molecule has 0 heterocycles. The SMILES string of the molecule is COc1cc([N+](=O)[O-])ccc1NC(=O)[C@@H](C)[NH+](C)Cc1ccc2ccccc2c1. The van der Waals surface area contributed by atoms with Crippen molar-refractivity contribution in [3.05, 3.63) is 76.3 Å². The van der Waals surface area contributed by atoms with E-state index in [1.165, 1.54) is 36.1 Å². The molecule has 0 aromatic heterocycles. The Bertz CT molecular complexity index is 1050. The highest BCUT2D eigenvalue weighted by Gasteiger charge is 2.23. The molecule has 29 heavy (non-hydrogen) atoms. The Kier molecular flexibility index (Phi) is 6.09. The summed E-state index contributed by atoms with van der Waals surface area (Å²) in [5.74, 6) is 0.0716. The van der Waals surface area contributed by atoms with Crippen LogP contribution in [0.5, 0.6) is 5.75 Å². The number of fused-ring (bicyclic) bond motifs is 1. The highest BCUT2D eigenvalue weighted by atomic mass is 16.6. The maximum Gasteiger partial charge on any atom is 0.282 e. The van der Waals surface area contributed by atoms with E-state index >= 15 is 0 Å². The number of benzene rings is 3. The Hall–Kier alpha value is -3.45. The lowest BCUT2D eigenvalue weighted by molar-refractivity contribution is -0.907. The average molecular weight is 394 g/mol. The smallest absolute Gasteiger partial charge is 0.282 e. The number of non-ortho nitro benzene ring substituents is 1. The topological polar surface area (TPSA) is 85.9 Å². The minimum absolute atomic E-state index is 0.0908. The summed E-state index contributed by atoms with van der Waals surface area (Å²) >= 11 is 0. The lowest BCUT2D eigenvalue weighted by atomic mass is 10.1. The van der Waals surface area contributed by atoms with Gasteiger partial charge >= 0.3 is 0 Å². The van der Waals surface area contributed by atoms with Gasteiger partial charge in [-0.25, -0.2) is 0 Å². The largest absolute Gasteiger partial charge is 0.494 e. The molecule has 0 bridgehead atoms. The molecule has 7 nitrogen and oxygen atoms in total. The monoisotopic (exact) mass is 394 g/mol. The minimum atomic E-state index is -0.502. The van der Waals surface area contributed by atoms with Crippen LogP contribution in [0.3, 0.4) is 0 Å². The molecule has 0 spiro atoms. The predicted molar refractivity (Wildman–Crippen MR) is 112 cm³/mol. The zero-order chi connectivity index (χ0) is 21.0. The Morgan fingerprint density at radius 1 is 1.14 bits per heavy atom. The van der Waals surface area contributed by atoms with Gasteiger partial charge in [0.25, 0.3) is 11.6 Å². The maximum absolute atomic E-state index is 12.7. The van der Waals surface area contributed by atoms with Crippen LogP contribution < -0.4 is 15.0 Å². The summed E-state index contributed by atoms with van der Waals surface area (Å²) in [7, 11) is 3.38. The van der Waals surface area contributed by atoms with Gasteiger partial charge in [-0.3, -0.25) is 14.9 Å². The van der Waals surface area contributed by atoms with Crippen LogP contribution in [0.2, 0.25) is 0 Å². The number of carbonyl (C=O) groups is 1. The number of amides is 1. The second-order valence-corrected chi connectivity index (χ2v) is 7.06. The lowest BCUT2D eigenvalue weighted by Gasteiger charge is -2.22. The fraction of sp³-hybridized carbons (Fsp3) is 0.227. The molecule has 0 saturated heterocycles. The lowest BCUT2D eigenvalue weighted by Crippen LogP contribution is -3.12. The Balaban J connectivity index is 1.69. The highest BCUT2D eigenvalue weighted by molar-refractivity contribution is 5.95. The van der Waals surface area contributed by atoms with Crippen molar-refractivity contribution in [1.29, 1.82) is 0 Å². The van der Waals surface area contributed by atoms with Gasteiger partial charge in [0, 0.05) is 11.6 Å². The number of anilines is 1. The molecule has 7 heteroatoms. The summed E-state index contributed by atoms with van der Waals surface area (Å²) < 4.78 is 5.19. The third-order valence-corrected chi connectivity index (χ3v) is 5.08. The van der Waals surface area contributed by atoms with Gasteiger partial charge in [-0.15, -0.1) is 0 Å². The first kappa shape index (κ1) is 20.3. The summed E-state index contributed by atoms with van der Waals surface area (Å²) in [4.78, 5) is 24.2. The van der Waals surface area contributed by atoms with Crippen LogP contribution in [0.15, 0.2) is 60.7 Å². The molecular weight excluding hydrogens is 370 g/mol. The number of hydrogen-bond acceptors (Lipinski definition) is 4. The van der Waals surface area contributed by atoms with Gasteiger partial charge in [0.2, 0.25) is 0 Å². The molecule has 2 atom stereocenters. The zero-order valence-electron chi connectivity index (χ0n) is 16.6. The molecule has 0 radical (unpaired) electrons. The number of nitro groups is 1. The fourth-order valence-corrected chi connectivity index (χ4v) is 3.19. The first-order valence-electron chi connectivity index (χ1n) is 9.32. The number of carbonyl (C=O) groups excluding carboxylic acids is 1. The van der Waals surface area contributed by atoms with E-state index < -0.39 is 4.92 Å². The van der Waals surface area contributed by atoms with Gasteiger partial charge in [0.05, 0.1) is 30.8 Å². The molecule has 3 aromatic carbocycles. The first-order chi connectivity index (χ1) is 13.9. The van der Waals surface area contributed by atoms with Gasteiger partial charge in [-0.05, 0) is 29.8 Å². The Labute approximate surface area is 169 Å². The van der Waals surface area contributed by atoms with Crippen molar-refractivity contribution in [1.82, 2.24) is 0 Å². The van der Waals surface area contributed by atoms with Crippen molar-refractivity contribution in [3.63, 3.8) is 0 Å². The molecule has 2 N–H and O–H groups in total. The zero-order valence-corrected chi connectivity index (χ0v) is 16.6. The molecule has 1 amide bonds. The van der Waals surface area contributed by atoms with Crippen LogP contribution >= 0.6 is 0 Å². The quantitative estimate of drug-likeness (QED) is 0.477. The maximum atomic E-state index is 12.7. The summed E-state index contributed by atoms with van der Waals surface area (Å²) in [5, 5.41) is 16.1. The molecule has 3 rings (SSSR count). The van der Waals surface area contributed by atoms with Crippen LogP contribution in [0.4, 0.5) is 11.4 Å². The number of nitrogens with zero attached hydrogens (tertiary/aromatic N) is 1. The number of methoxy groups -OCH3 is 1. The van der Waals surface area contributed by atoms with Crippen LogP contribution in [0.1, 0.15) is 12.5 Å². The van der Waals surface area contributed by atoms with E-state index in [4.69, 9.17) is 4.74 Å². The standard InChI is InChI=1S/C22H23N3O4/c1-15(22(26)23-20-11-10-19(25(27)28)13-21(20)29-3)24(2)14-16-8-9-17-6-4-5-7-18(17)12-16/h4-13,15H,14H2,1-3H3,(H,23,26)/p+1/t15-/m1/s1. The van der Waals surface area contributed by atoms with Crippen molar-refractivity contribution < 1.29 is 19.4 Å². The van der Waals surface area contributed by atoms with E-state index in [1.54, 1.807) is 0 Å². The molecule has 0 aliphatic heterocycles. The van der Waals surface area contributed by atoms with Crippen LogP contribution in [-0.2, 0) is 11.3 Å². The van der Waals surface area contributed by atoms with Crippen molar-refractivity contribution in [2.45, 2.75) is 19.5 Å². The van der Waals surface area contributed by atoms with Gasteiger partial charge < -0.3 is 15.0 Å². The molecule has 0 fully saturated rings. The van der Waals surface area contributed by atoms with Crippen LogP contribution in [0.25, 0.3) is 10.8 Å². The van der Waals surface area contributed by atoms with Crippen LogP contribution in [-0.4, -0.2) is 31.0 Å². The molecule has 0 aliphatic carbocycles. The molecule has 150 valence electrons. The van der Waals surface area contributed by atoms with E-state index in [9.17, 15) is 14.9 Å². The van der Waals surface area contributed by atoms with Crippen molar-refractivity contribution in [2.24, 2.45) is 0 Å². The van der Waals surface area contributed by atoms with E-state index in [-0.39, 0.29) is 23.4 Å². The number of nitro benzene ring substituents is 1. The average Bonchev–Trinajstić information content (AvgIpc) is 2.73. The van der Waals surface area contributed by atoms with E-state index in [1.807, 2.05) is 26.1 Å². The highest BCUT2D eigenvalue weighted by Crippen LogP contribution is 2.29. The van der Waals surface area contributed by atoms with Crippen molar-refractivity contribution in [2.75, 3.05) is 19.5 Å². The van der Waals surface area contributed by atoms with E-state index in [2.05, 4.69) is 35.6 Å². The van der Waals surface area contributed by atoms with E-state index in [0.29, 0.717) is 12.2 Å².